The van der Waals surface area contributed by atoms with Gasteiger partial charge in [-0.05, 0) is 0 Å². The second-order valence-electron chi connectivity index (χ2n) is 3.95. The van der Waals surface area contributed by atoms with E-state index in [4.69, 9.17) is 10.2 Å². The molecule has 2 aliphatic rings. The van der Waals surface area contributed by atoms with Gasteiger partial charge in [0.2, 0.25) is 0 Å². The van der Waals surface area contributed by atoms with Crippen LogP contribution in [0.5, 0.6) is 0 Å². The van der Waals surface area contributed by atoms with Gasteiger partial charge in [0.05, 0.1) is 11.8 Å². The maximum Gasteiger partial charge on any atom is 0.333 e. The molecule has 1 aliphatic heterocycles. The topological polar surface area (TPSA) is 83.8 Å². The third kappa shape index (κ3) is 1.22. The number of alkyl halides is 4. The van der Waals surface area contributed by atoms with Gasteiger partial charge in [0, 0.05) is 0 Å². The zero-order valence-corrected chi connectivity index (χ0v) is 7.94. The van der Waals surface area contributed by atoms with Gasteiger partial charge in [-0.1, -0.05) is 0 Å². The fourth-order valence-corrected chi connectivity index (χ4v) is 2.31. The van der Waals surface area contributed by atoms with E-state index in [1.165, 1.54) is 0 Å². The molecule has 1 heterocycles. The number of carbonyl (C=O) groups is 2. The number of fused-ring (bicyclic) bond motifs is 1. The van der Waals surface area contributed by atoms with Crippen molar-refractivity contribution in [3.63, 3.8) is 0 Å². The SMILES string of the molecule is O=C(O)C1OC(C(=O)O)[C@H]2[C@@H]1C(F)(F)C2(F)F. The number of rotatable bonds is 2. The van der Waals surface area contributed by atoms with Gasteiger partial charge in [-0.15, -0.1) is 0 Å². The molecule has 0 aromatic heterocycles. The van der Waals surface area contributed by atoms with Crippen LogP contribution < -0.4 is 0 Å². The van der Waals surface area contributed by atoms with Gasteiger partial charge in [0.15, 0.2) is 12.2 Å². The minimum atomic E-state index is -4.56. The predicted molar refractivity (Wildman–Crippen MR) is 40.8 cm³/mol. The summed E-state index contributed by atoms with van der Waals surface area (Å²) in [6, 6.07) is 0. The molecule has 1 saturated heterocycles. The Bertz CT molecular complexity index is 359. The van der Waals surface area contributed by atoms with E-state index in [1.807, 2.05) is 0 Å². The van der Waals surface area contributed by atoms with Crippen molar-refractivity contribution in [2.24, 2.45) is 11.8 Å². The van der Waals surface area contributed by atoms with E-state index in [2.05, 4.69) is 4.74 Å². The van der Waals surface area contributed by atoms with Crippen LogP contribution in [0.2, 0.25) is 0 Å². The molecule has 0 aromatic rings. The highest BCUT2D eigenvalue weighted by Gasteiger charge is 2.86. The fraction of sp³-hybridized carbons (Fsp3) is 0.750. The summed E-state index contributed by atoms with van der Waals surface area (Å²) in [4.78, 5) is 21.1. The maximum absolute atomic E-state index is 13.0. The van der Waals surface area contributed by atoms with Crippen LogP contribution in [0.4, 0.5) is 17.6 Å². The first kappa shape index (κ1) is 12.1. The second-order valence-corrected chi connectivity index (χ2v) is 3.95. The highest BCUT2D eigenvalue weighted by Crippen LogP contribution is 2.65. The standard InChI is InChI=1S/C8H6F4O5/c9-7(10)1-2(8(7,11)12)4(6(15)16)17-3(1)5(13)14/h1-4H,(H,13,14)(H,15,16)/t1-,2+,3?,4?. The van der Waals surface area contributed by atoms with E-state index >= 15 is 0 Å². The summed E-state index contributed by atoms with van der Waals surface area (Å²) in [5, 5.41) is 17.1. The third-order valence-electron chi connectivity index (χ3n) is 3.10. The van der Waals surface area contributed by atoms with Crippen molar-refractivity contribution in [3.8, 4) is 0 Å². The average Bonchev–Trinajstić information content (AvgIpc) is 2.56. The Morgan fingerprint density at radius 1 is 0.882 bits per heavy atom. The van der Waals surface area contributed by atoms with Gasteiger partial charge < -0.3 is 14.9 Å². The molecule has 9 heteroatoms. The summed E-state index contributed by atoms with van der Waals surface area (Å²) in [6.45, 7) is 0. The Kier molecular flexibility index (Phi) is 2.20. The van der Waals surface area contributed by atoms with Crippen LogP contribution in [-0.2, 0) is 14.3 Å². The van der Waals surface area contributed by atoms with Crippen molar-refractivity contribution < 1.29 is 42.1 Å². The molecule has 1 aliphatic carbocycles. The molecule has 0 spiro atoms. The molecule has 2 rings (SSSR count). The normalized spacial score (nSPS) is 41.4. The molecule has 2 fully saturated rings. The summed E-state index contributed by atoms with van der Waals surface area (Å²) in [6.07, 6.45) is -4.45. The van der Waals surface area contributed by atoms with E-state index in [0.717, 1.165) is 0 Å². The van der Waals surface area contributed by atoms with Crippen molar-refractivity contribution in [1.29, 1.82) is 0 Å². The smallest absolute Gasteiger partial charge is 0.333 e. The lowest BCUT2D eigenvalue weighted by Crippen LogP contribution is -2.69. The van der Waals surface area contributed by atoms with Gasteiger partial charge in [-0.2, -0.15) is 17.6 Å². The molecular formula is C8H6F4O5. The molecule has 17 heavy (non-hydrogen) atoms. The first-order valence-corrected chi connectivity index (χ1v) is 4.49. The summed E-state index contributed by atoms with van der Waals surface area (Å²) >= 11 is 0. The van der Waals surface area contributed by atoms with Crippen LogP contribution in [0.15, 0.2) is 0 Å². The lowest BCUT2D eigenvalue weighted by Gasteiger charge is -2.48. The Labute approximate surface area is 91.0 Å². The van der Waals surface area contributed by atoms with Crippen LogP contribution in [0.1, 0.15) is 0 Å². The Hall–Kier alpha value is -1.38. The summed E-state index contributed by atoms with van der Waals surface area (Å²) in [5.41, 5.74) is 0. The van der Waals surface area contributed by atoms with E-state index < -0.39 is 47.8 Å². The van der Waals surface area contributed by atoms with Crippen molar-refractivity contribution in [2.75, 3.05) is 0 Å². The lowest BCUT2D eigenvalue weighted by atomic mass is 9.63. The molecule has 0 amide bonds. The molecule has 0 bridgehead atoms. The molecule has 0 radical (unpaired) electrons. The van der Waals surface area contributed by atoms with Crippen molar-refractivity contribution >= 4 is 11.9 Å². The summed E-state index contributed by atoms with van der Waals surface area (Å²) in [7, 11) is 0. The highest BCUT2D eigenvalue weighted by atomic mass is 19.3. The number of ether oxygens (including phenoxy) is 1. The average molecular weight is 258 g/mol. The monoisotopic (exact) mass is 258 g/mol. The maximum atomic E-state index is 13.0. The zero-order chi connectivity index (χ0) is 13.2. The molecule has 1 saturated carbocycles. The highest BCUT2D eigenvalue weighted by molar-refractivity contribution is 5.79. The Balaban J connectivity index is 2.39. The minimum absolute atomic E-state index is 1.88. The molecule has 2 N–H and O–H groups in total. The number of halogens is 4. The van der Waals surface area contributed by atoms with Crippen molar-refractivity contribution in [1.82, 2.24) is 0 Å². The lowest BCUT2D eigenvalue weighted by molar-refractivity contribution is -0.347. The number of hydrogen-bond donors (Lipinski definition) is 2. The van der Waals surface area contributed by atoms with Crippen molar-refractivity contribution in [3.05, 3.63) is 0 Å². The minimum Gasteiger partial charge on any atom is -0.479 e. The largest absolute Gasteiger partial charge is 0.479 e. The van der Waals surface area contributed by atoms with Crippen LogP contribution in [0, 0.1) is 11.8 Å². The van der Waals surface area contributed by atoms with Gasteiger partial charge in [0.1, 0.15) is 0 Å². The second kappa shape index (κ2) is 3.09. The predicted octanol–water partition coefficient (Wildman–Crippen LogP) is 0.440. The van der Waals surface area contributed by atoms with Gasteiger partial charge in [-0.3, -0.25) is 0 Å². The van der Waals surface area contributed by atoms with Gasteiger partial charge >= 0.3 is 23.8 Å². The van der Waals surface area contributed by atoms with Crippen LogP contribution >= 0.6 is 0 Å². The number of hydrogen-bond acceptors (Lipinski definition) is 3. The van der Waals surface area contributed by atoms with Crippen LogP contribution in [0.25, 0.3) is 0 Å². The molecule has 0 aromatic carbocycles. The molecule has 5 nitrogen and oxygen atoms in total. The molecule has 4 atom stereocenters. The van der Waals surface area contributed by atoms with E-state index in [0.29, 0.717) is 0 Å². The fourth-order valence-electron chi connectivity index (χ4n) is 2.31. The van der Waals surface area contributed by atoms with Crippen molar-refractivity contribution in [2.45, 2.75) is 24.1 Å². The molecule has 2 unspecified atom stereocenters. The molecule has 96 valence electrons. The third-order valence-corrected chi connectivity index (χ3v) is 3.10. The summed E-state index contributed by atoms with van der Waals surface area (Å²) in [5.74, 6) is -17.5. The Morgan fingerprint density at radius 2 is 1.18 bits per heavy atom. The van der Waals surface area contributed by atoms with E-state index in [1.54, 1.807) is 0 Å². The van der Waals surface area contributed by atoms with E-state index in [9.17, 15) is 27.2 Å². The van der Waals surface area contributed by atoms with Crippen LogP contribution in [-0.4, -0.2) is 46.2 Å². The van der Waals surface area contributed by atoms with Gasteiger partial charge in [0.25, 0.3) is 0 Å². The first-order valence-electron chi connectivity index (χ1n) is 4.49. The number of carboxylic acid groups (broad SMARTS) is 2. The first-order chi connectivity index (χ1) is 7.62. The van der Waals surface area contributed by atoms with Gasteiger partial charge in [-0.25, -0.2) is 9.59 Å². The number of aliphatic carboxylic acids is 2. The zero-order valence-electron chi connectivity index (χ0n) is 7.94. The Morgan fingerprint density at radius 3 is 1.41 bits per heavy atom. The quantitative estimate of drug-likeness (QED) is 0.702. The van der Waals surface area contributed by atoms with Crippen LogP contribution in [0.3, 0.4) is 0 Å². The van der Waals surface area contributed by atoms with E-state index in [-0.39, 0.29) is 0 Å². The number of carboxylic acids is 2. The molecular weight excluding hydrogens is 252 g/mol. The summed E-state index contributed by atoms with van der Waals surface area (Å²) < 4.78 is 56.4.